The number of pyridine rings is 2. The van der Waals surface area contributed by atoms with Crippen LogP contribution in [0.4, 0.5) is 0 Å². The smallest absolute Gasteiger partial charge is 0.191 e. The lowest BCUT2D eigenvalue weighted by Crippen LogP contribution is -2.52. The van der Waals surface area contributed by atoms with Crippen molar-refractivity contribution in [3.63, 3.8) is 0 Å². The van der Waals surface area contributed by atoms with Crippen molar-refractivity contribution in [2.45, 2.75) is 139 Å². The number of rotatable bonds is 5. The fraction of sp³-hybridized carbons (Fsp3) is 0.706. The van der Waals surface area contributed by atoms with Gasteiger partial charge in [-0.2, -0.15) is 0 Å². The summed E-state index contributed by atoms with van der Waals surface area (Å²) in [4.78, 5) is 9.84. The SMILES string of the molecule is CC1(C)OC[C@H]([C@H]2O[C@@H]3OC(C)(C)O[C@@H]3[C@@]2(O)c2cccc(-c3cccc([C@@]4(O)[C@@H]([C@H]5COC(C)(C)O5)O[C@@H]5OC(C)(C)O[C@@H]54)n3)n2)O1. The fourth-order valence-corrected chi connectivity index (χ4v) is 7.73. The molecule has 0 spiro atoms. The molecule has 48 heavy (non-hydrogen) atoms. The Morgan fingerprint density at radius 1 is 0.521 bits per heavy atom. The summed E-state index contributed by atoms with van der Waals surface area (Å²) in [5, 5.41) is 25.2. The van der Waals surface area contributed by atoms with Crippen molar-refractivity contribution in [2.75, 3.05) is 13.2 Å². The van der Waals surface area contributed by atoms with Gasteiger partial charge in [0.25, 0.3) is 0 Å². The highest BCUT2D eigenvalue weighted by atomic mass is 16.9. The number of aromatic nitrogens is 2. The molecule has 262 valence electrons. The average Bonchev–Trinajstić information content (AvgIpc) is 3.82. The van der Waals surface area contributed by atoms with Gasteiger partial charge in [0, 0.05) is 0 Å². The van der Waals surface area contributed by atoms with Crippen LogP contribution in [0, 0.1) is 0 Å². The summed E-state index contributed by atoms with van der Waals surface area (Å²) in [7, 11) is 0. The van der Waals surface area contributed by atoms with Crippen LogP contribution in [0.2, 0.25) is 0 Å². The van der Waals surface area contributed by atoms with Crippen LogP contribution in [-0.4, -0.2) is 106 Å². The maximum Gasteiger partial charge on any atom is 0.191 e. The third-order valence-electron chi connectivity index (χ3n) is 9.73. The normalized spacial score (nSPS) is 43.5. The molecule has 2 aromatic heterocycles. The Morgan fingerprint density at radius 3 is 1.27 bits per heavy atom. The third-order valence-corrected chi connectivity index (χ3v) is 9.73. The largest absolute Gasteiger partial charge is 0.378 e. The van der Waals surface area contributed by atoms with Gasteiger partial charge >= 0.3 is 0 Å². The van der Waals surface area contributed by atoms with Crippen molar-refractivity contribution in [3.8, 4) is 11.4 Å². The number of aliphatic hydroxyl groups is 2. The summed E-state index contributed by atoms with van der Waals surface area (Å²) >= 11 is 0. The van der Waals surface area contributed by atoms with Crippen molar-refractivity contribution in [3.05, 3.63) is 47.8 Å². The molecule has 14 heteroatoms. The van der Waals surface area contributed by atoms with Crippen LogP contribution in [0.25, 0.3) is 11.4 Å². The Balaban J connectivity index is 1.16. The Morgan fingerprint density at radius 2 is 0.917 bits per heavy atom. The summed E-state index contributed by atoms with van der Waals surface area (Å²) in [5.74, 6) is -3.71. The van der Waals surface area contributed by atoms with E-state index in [9.17, 15) is 10.2 Å². The molecule has 0 radical (unpaired) electrons. The second-order valence-electron chi connectivity index (χ2n) is 15.2. The summed E-state index contributed by atoms with van der Waals surface area (Å²) in [6.45, 7) is 14.7. The number of nitrogens with zero attached hydrogens (tertiary/aromatic N) is 2. The van der Waals surface area contributed by atoms with Crippen LogP contribution >= 0.6 is 0 Å². The summed E-state index contributed by atoms with van der Waals surface area (Å²) in [6, 6.07) is 10.5. The van der Waals surface area contributed by atoms with Crippen molar-refractivity contribution in [1.82, 2.24) is 9.97 Å². The minimum absolute atomic E-state index is 0.200. The predicted molar refractivity (Wildman–Crippen MR) is 162 cm³/mol. The molecular formula is C34H44N2O12. The van der Waals surface area contributed by atoms with Gasteiger partial charge in [0.15, 0.2) is 46.9 Å². The standard InChI is InChI=1S/C34H44N2O12/c1-29(2)39-15-19(43-29)23-33(37,25-27(41-23)47-31(5,6)45-25)21-13-9-11-17(35-21)18-12-10-14-22(36-18)34(38)24(20-16-40-30(3,4)44-20)42-28-26(34)46-32(7,8)48-28/h9-14,19-20,23-28,37-38H,15-16H2,1-8H3/t19-,20-,23-,24-,25+,26+,27-,28-,33-,34-/m1/s1. The molecule has 10 atom stereocenters. The number of fused-ring (bicyclic) bond motifs is 2. The molecule has 0 unspecified atom stereocenters. The van der Waals surface area contributed by atoms with Gasteiger partial charge in [0.2, 0.25) is 0 Å². The van der Waals surface area contributed by atoms with E-state index in [2.05, 4.69) is 0 Å². The van der Waals surface area contributed by atoms with E-state index in [1.807, 2.05) is 27.7 Å². The van der Waals surface area contributed by atoms with Crippen LogP contribution in [-0.2, 0) is 58.6 Å². The molecule has 0 aliphatic carbocycles. The Hall–Kier alpha value is -2.18. The lowest BCUT2D eigenvalue weighted by molar-refractivity contribution is -0.251. The first-order chi connectivity index (χ1) is 22.4. The second kappa shape index (κ2) is 10.7. The second-order valence-corrected chi connectivity index (χ2v) is 15.2. The van der Waals surface area contributed by atoms with Crippen molar-refractivity contribution < 1.29 is 57.6 Å². The van der Waals surface area contributed by atoms with Crippen molar-refractivity contribution >= 4 is 0 Å². The number of hydrogen-bond donors (Lipinski definition) is 2. The highest BCUT2D eigenvalue weighted by Gasteiger charge is 2.69. The number of ether oxygens (including phenoxy) is 10. The van der Waals surface area contributed by atoms with E-state index in [0.29, 0.717) is 11.4 Å². The first-order valence-electron chi connectivity index (χ1n) is 16.5. The molecule has 6 fully saturated rings. The molecule has 6 saturated heterocycles. The molecule has 2 aromatic rings. The minimum atomic E-state index is -1.77. The van der Waals surface area contributed by atoms with E-state index in [4.69, 9.17) is 57.3 Å². The molecule has 0 bridgehead atoms. The van der Waals surface area contributed by atoms with E-state index >= 15 is 0 Å². The molecule has 0 amide bonds. The molecule has 8 heterocycles. The molecule has 0 aromatic carbocycles. The average molecular weight is 673 g/mol. The summed E-state index contributed by atoms with van der Waals surface area (Å²) in [5.41, 5.74) is -2.10. The lowest BCUT2D eigenvalue weighted by Gasteiger charge is -2.36. The zero-order valence-electron chi connectivity index (χ0n) is 28.4. The fourth-order valence-electron chi connectivity index (χ4n) is 7.73. The van der Waals surface area contributed by atoms with E-state index < -0.39 is 83.6 Å². The lowest BCUT2D eigenvalue weighted by atomic mass is 9.85. The predicted octanol–water partition coefficient (Wildman–Crippen LogP) is 2.57. The van der Waals surface area contributed by atoms with Crippen molar-refractivity contribution in [2.24, 2.45) is 0 Å². The van der Waals surface area contributed by atoms with Crippen LogP contribution in [0.15, 0.2) is 36.4 Å². The van der Waals surface area contributed by atoms with Gasteiger partial charge < -0.3 is 57.6 Å². The van der Waals surface area contributed by atoms with Crippen LogP contribution in [0.1, 0.15) is 66.8 Å². The first kappa shape index (κ1) is 33.0. The minimum Gasteiger partial charge on any atom is -0.378 e. The van der Waals surface area contributed by atoms with Gasteiger partial charge in [0.05, 0.1) is 36.0 Å². The summed E-state index contributed by atoms with van der Waals surface area (Å²) in [6.07, 6.45) is -6.60. The van der Waals surface area contributed by atoms with Gasteiger partial charge in [0.1, 0.15) is 36.6 Å². The van der Waals surface area contributed by atoms with E-state index in [1.54, 1.807) is 64.1 Å². The highest BCUT2D eigenvalue weighted by Crippen LogP contribution is 2.52. The van der Waals surface area contributed by atoms with Gasteiger partial charge in [-0.1, -0.05) is 12.1 Å². The van der Waals surface area contributed by atoms with Gasteiger partial charge in [-0.15, -0.1) is 0 Å². The molecule has 6 aliphatic rings. The van der Waals surface area contributed by atoms with Crippen LogP contribution in [0.5, 0.6) is 0 Å². The van der Waals surface area contributed by atoms with E-state index in [0.717, 1.165) is 0 Å². The highest BCUT2D eigenvalue weighted by molar-refractivity contribution is 5.55. The molecular weight excluding hydrogens is 628 g/mol. The van der Waals surface area contributed by atoms with E-state index in [1.165, 1.54) is 0 Å². The third kappa shape index (κ3) is 5.24. The van der Waals surface area contributed by atoms with Gasteiger partial charge in [-0.25, -0.2) is 9.97 Å². The zero-order chi connectivity index (χ0) is 34.1. The van der Waals surface area contributed by atoms with E-state index in [-0.39, 0.29) is 24.6 Å². The molecule has 6 aliphatic heterocycles. The monoisotopic (exact) mass is 672 g/mol. The Kier molecular flexibility index (Phi) is 7.33. The molecule has 8 rings (SSSR count). The van der Waals surface area contributed by atoms with Crippen molar-refractivity contribution in [1.29, 1.82) is 0 Å². The topological polar surface area (TPSA) is 159 Å². The Bertz CT molecular complexity index is 1470. The van der Waals surface area contributed by atoms with Crippen LogP contribution in [0.3, 0.4) is 0 Å². The quantitative estimate of drug-likeness (QED) is 0.477. The molecule has 0 saturated carbocycles. The van der Waals surface area contributed by atoms with Gasteiger partial charge in [-0.05, 0) is 79.7 Å². The molecule has 2 N–H and O–H groups in total. The molecule has 14 nitrogen and oxygen atoms in total. The maximum absolute atomic E-state index is 12.6. The Labute approximate surface area is 278 Å². The van der Waals surface area contributed by atoms with Gasteiger partial charge in [-0.3, -0.25) is 0 Å². The maximum atomic E-state index is 12.6. The zero-order valence-corrected chi connectivity index (χ0v) is 28.4. The first-order valence-corrected chi connectivity index (χ1v) is 16.5. The summed E-state index contributed by atoms with van der Waals surface area (Å²) < 4.78 is 61.0. The van der Waals surface area contributed by atoms with Crippen LogP contribution < -0.4 is 0 Å². The number of hydrogen-bond acceptors (Lipinski definition) is 14.